The SMILES string of the molecule is CC(C)Oc1cncc(C(N)CSc2cccc(F)c2)c1. The number of nitrogens with zero attached hydrogens (tertiary/aromatic N) is 1. The lowest BCUT2D eigenvalue weighted by molar-refractivity contribution is 0.241. The summed E-state index contributed by atoms with van der Waals surface area (Å²) in [6.07, 6.45) is 3.51. The Balaban J connectivity index is 1.98. The predicted molar refractivity (Wildman–Crippen MR) is 84.1 cm³/mol. The van der Waals surface area contributed by atoms with Crippen LogP contribution in [0, 0.1) is 5.82 Å². The lowest BCUT2D eigenvalue weighted by Gasteiger charge is -2.14. The van der Waals surface area contributed by atoms with Crippen molar-refractivity contribution < 1.29 is 9.13 Å². The van der Waals surface area contributed by atoms with Crippen LogP contribution in [0.5, 0.6) is 5.75 Å². The minimum atomic E-state index is -0.234. The summed E-state index contributed by atoms with van der Waals surface area (Å²) in [6, 6.07) is 8.23. The first-order chi connectivity index (χ1) is 10.0. The van der Waals surface area contributed by atoms with Crippen molar-refractivity contribution in [2.45, 2.75) is 30.9 Å². The molecule has 0 aliphatic heterocycles. The summed E-state index contributed by atoms with van der Waals surface area (Å²) in [7, 11) is 0. The molecule has 0 saturated heterocycles. The van der Waals surface area contributed by atoms with E-state index in [1.54, 1.807) is 18.5 Å². The second-order valence-electron chi connectivity index (χ2n) is 5.00. The molecule has 1 aromatic carbocycles. The molecule has 0 spiro atoms. The highest BCUT2D eigenvalue weighted by molar-refractivity contribution is 7.99. The standard InChI is InChI=1S/C16H19FN2OS/c1-11(2)20-14-6-12(8-19-9-14)16(18)10-21-15-5-3-4-13(17)7-15/h3-9,11,16H,10,18H2,1-2H3. The van der Waals surface area contributed by atoms with Crippen molar-refractivity contribution in [3.05, 3.63) is 54.1 Å². The van der Waals surface area contributed by atoms with Crippen LogP contribution < -0.4 is 10.5 Å². The molecule has 0 aliphatic carbocycles. The van der Waals surface area contributed by atoms with Crippen molar-refractivity contribution in [3.63, 3.8) is 0 Å². The Morgan fingerprint density at radius 2 is 2.10 bits per heavy atom. The number of nitrogens with two attached hydrogens (primary N) is 1. The maximum Gasteiger partial charge on any atom is 0.138 e. The molecule has 3 nitrogen and oxygen atoms in total. The van der Waals surface area contributed by atoms with E-state index < -0.39 is 0 Å². The lowest BCUT2D eigenvalue weighted by atomic mass is 10.1. The van der Waals surface area contributed by atoms with Crippen LogP contribution in [0.15, 0.2) is 47.6 Å². The summed E-state index contributed by atoms with van der Waals surface area (Å²) < 4.78 is 18.7. The second-order valence-corrected chi connectivity index (χ2v) is 6.09. The zero-order valence-electron chi connectivity index (χ0n) is 12.1. The van der Waals surface area contributed by atoms with Crippen LogP contribution in [0.4, 0.5) is 4.39 Å². The smallest absolute Gasteiger partial charge is 0.138 e. The van der Waals surface area contributed by atoms with Gasteiger partial charge < -0.3 is 10.5 Å². The maximum atomic E-state index is 13.1. The van der Waals surface area contributed by atoms with Gasteiger partial charge in [0.1, 0.15) is 11.6 Å². The first-order valence-electron chi connectivity index (χ1n) is 6.80. The summed E-state index contributed by atoms with van der Waals surface area (Å²) in [6.45, 7) is 3.93. The Kier molecular flexibility index (Phi) is 5.59. The van der Waals surface area contributed by atoms with E-state index in [-0.39, 0.29) is 18.0 Å². The molecule has 1 aromatic heterocycles. The van der Waals surface area contributed by atoms with E-state index in [4.69, 9.17) is 10.5 Å². The van der Waals surface area contributed by atoms with Gasteiger partial charge in [0.05, 0.1) is 12.3 Å². The topological polar surface area (TPSA) is 48.1 Å². The van der Waals surface area contributed by atoms with E-state index in [9.17, 15) is 4.39 Å². The van der Waals surface area contributed by atoms with Crippen LogP contribution in [0.1, 0.15) is 25.5 Å². The largest absolute Gasteiger partial charge is 0.489 e. The molecular formula is C16H19FN2OS. The number of pyridine rings is 1. The Hall–Kier alpha value is -1.59. The van der Waals surface area contributed by atoms with Gasteiger partial charge in [-0.15, -0.1) is 11.8 Å². The quantitative estimate of drug-likeness (QED) is 0.825. The van der Waals surface area contributed by atoms with Crippen LogP contribution in [0.25, 0.3) is 0 Å². The van der Waals surface area contributed by atoms with Gasteiger partial charge in [0, 0.05) is 22.9 Å². The van der Waals surface area contributed by atoms with Gasteiger partial charge in [-0.05, 0) is 43.7 Å². The number of benzene rings is 1. The number of halogens is 1. The number of thioether (sulfide) groups is 1. The van der Waals surface area contributed by atoms with Crippen molar-refractivity contribution >= 4 is 11.8 Å². The Bertz CT molecular complexity index is 592. The molecule has 0 radical (unpaired) electrons. The number of hydrogen-bond donors (Lipinski definition) is 1. The number of aromatic nitrogens is 1. The average Bonchev–Trinajstić information content (AvgIpc) is 2.44. The Morgan fingerprint density at radius 3 is 2.81 bits per heavy atom. The first-order valence-corrected chi connectivity index (χ1v) is 7.78. The van der Waals surface area contributed by atoms with Gasteiger partial charge in [-0.1, -0.05) is 6.07 Å². The molecule has 0 amide bonds. The predicted octanol–water partition coefficient (Wildman–Crippen LogP) is 3.80. The van der Waals surface area contributed by atoms with Gasteiger partial charge >= 0.3 is 0 Å². The molecule has 0 aliphatic rings. The second kappa shape index (κ2) is 7.43. The third-order valence-electron chi connectivity index (χ3n) is 2.76. The summed E-state index contributed by atoms with van der Waals surface area (Å²) in [5, 5.41) is 0. The molecule has 112 valence electrons. The molecule has 2 rings (SSSR count). The van der Waals surface area contributed by atoms with Gasteiger partial charge in [-0.25, -0.2) is 4.39 Å². The molecule has 21 heavy (non-hydrogen) atoms. The van der Waals surface area contributed by atoms with Crippen molar-refractivity contribution in [1.82, 2.24) is 4.98 Å². The molecule has 0 saturated carbocycles. The zero-order valence-corrected chi connectivity index (χ0v) is 12.9. The molecule has 0 bridgehead atoms. The third kappa shape index (κ3) is 5.02. The van der Waals surface area contributed by atoms with Crippen LogP contribution in [0.3, 0.4) is 0 Å². The molecule has 5 heteroatoms. The molecule has 2 N–H and O–H groups in total. The van der Waals surface area contributed by atoms with Crippen molar-refractivity contribution in [1.29, 1.82) is 0 Å². The van der Waals surface area contributed by atoms with Gasteiger partial charge in [-0.3, -0.25) is 4.98 Å². The van der Waals surface area contributed by atoms with Crippen LogP contribution in [-0.2, 0) is 0 Å². The minimum Gasteiger partial charge on any atom is -0.489 e. The lowest BCUT2D eigenvalue weighted by Crippen LogP contribution is -2.14. The third-order valence-corrected chi connectivity index (χ3v) is 3.87. The summed E-state index contributed by atoms with van der Waals surface area (Å²) in [5.74, 6) is 1.13. The van der Waals surface area contributed by atoms with Crippen LogP contribution in [0.2, 0.25) is 0 Å². The van der Waals surface area contributed by atoms with Crippen LogP contribution in [-0.4, -0.2) is 16.8 Å². The minimum absolute atomic E-state index is 0.0972. The molecular weight excluding hydrogens is 287 g/mol. The zero-order chi connectivity index (χ0) is 15.2. The van der Waals surface area contributed by atoms with Gasteiger partial charge in [0.15, 0.2) is 0 Å². The van der Waals surface area contributed by atoms with Crippen molar-refractivity contribution in [3.8, 4) is 5.75 Å². The summed E-state index contributed by atoms with van der Waals surface area (Å²) in [4.78, 5) is 5.02. The first kappa shape index (κ1) is 15.8. The van der Waals surface area contributed by atoms with Gasteiger partial charge in [0.25, 0.3) is 0 Å². The van der Waals surface area contributed by atoms with Crippen LogP contribution >= 0.6 is 11.8 Å². The van der Waals surface area contributed by atoms with Crippen molar-refractivity contribution in [2.24, 2.45) is 5.73 Å². The summed E-state index contributed by atoms with van der Waals surface area (Å²) in [5.41, 5.74) is 7.08. The number of hydrogen-bond acceptors (Lipinski definition) is 4. The number of rotatable bonds is 6. The molecule has 1 heterocycles. The Labute approximate surface area is 128 Å². The Morgan fingerprint density at radius 1 is 1.29 bits per heavy atom. The highest BCUT2D eigenvalue weighted by Crippen LogP contribution is 2.25. The van der Waals surface area contributed by atoms with Gasteiger partial charge in [-0.2, -0.15) is 0 Å². The van der Waals surface area contributed by atoms with E-state index in [0.717, 1.165) is 10.5 Å². The van der Waals surface area contributed by atoms with E-state index in [0.29, 0.717) is 11.5 Å². The van der Waals surface area contributed by atoms with E-state index in [1.165, 1.54) is 23.9 Å². The fourth-order valence-corrected chi connectivity index (χ4v) is 2.75. The highest BCUT2D eigenvalue weighted by Gasteiger charge is 2.09. The normalized spacial score (nSPS) is 12.4. The van der Waals surface area contributed by atoms with Gasteiger partial charge in [0.2, 0.25) is 0 Å². The molecule has 1 atom stereocenters. The van der Waals surface area contributed by atoms with Crippen molar-refractivity contribution in [2.75, 3.05) is 5.75 Å². The fourth-order valence-electron chi connectivity index (χ4n) is 1.81. The highest BCUT2D eigenvalue weighted by atomic mass is 32.2. The monoisotopic (exact) mass is 306 g/mol. The molecule has 0 fully saturated rings. The van der Waals surface area contributed by atoms with E-state index in [1.807, 2.05) is 26.0 Å². The van der Waals surface area contributed by atoms with E-state index in [2.05, 4.69) is 4.98 Å². The van der Waals surface area contributed by atoms with E-state index >= 15 is 0 Å². The summed E-state index contributed by atoms with van der Waals surface area (Å²) >= 11 is 1.52. The maximum absolute atomic E-state index is 13.1. The molecule has 2 aromatic rings. The number of ether oxygens (including phenoxy) is 1. The molecule has 1 unspecified atom stereocenters. The average molecular weight is 306 g/mol. The fraction of sp³-hybridized carbons (Fsp3) is 0.312.